The molecule has 0 aromatic heterocycles. The predicted molar refractivity (Wildman–Crippen MR) is 69.5 cm³/mol. The van der Waals surface area contributed by atoms with Gasteiger partial charge in [-0.2, -0.15) is 0 Å². The summed E-state index contributed by atoms with van der Waals surface area (Å²) in [6.45, 7) is 6.12. The summed E-state index contributed by atoms with van der Waals surface area (Å²) in [6.07, 6.45) is 0. The summed E-state index contributed by atoms with van der Waals surface area (Å²) in [7, 11) is 0. The van der Waals surface area contributed by atoms with Crippen molar-refractivity contribution in [1.29, 1.82) is 0 Å². The van der Waals surface area contributed by atoms with Gasteiger partial charge in [-0.05, 0) is 44.5 Å². The summed E-state index contributed by atoms with van der Waals surface area (Å²) in [4.78, 5) is 11.8. The fraction of sp³-hybridized carbons (Fsp3) is 0.417. The number of hydrogen-bond acceptors (Lipinski definition) is 2. The fourth-order valence-corrected chi connectivity index (χ4v) is 1.76. The molecule has 1 aromatic rings. The molecule has 0 saturated heterocycles. The van der Waals surface area contributed by atoms with E-state index in [1.54, 1.807) is 6.07 Å². The van der Waals surface area contributed by atoms with Gasteiger partial charge in [-0.25, -0.2) is 0 Å². The molecular weight excluding hydrogens is 268 g/mol. The van der Waals surface area contributed by atoms with E-state index in [1.807, 2.05) is 32.9 Å². The second kappa shape index (κ2) is 4.97. The van der Waals surface area contributed by atoms with E-state index < -0.39 is 0 Å². The lowest BCUT2D eigenvalue weighted by atomic mass is 10.1. The first kappa shape index (κ1) is 13.2. The second-order valence-electron chi connectivity index (χ2n) is 4.63. The Morgan fingerprint density at radius 2 is 2.12 bits per heavy atom. The average molecular weight is 285 g/mol. The predicted octanol–water partition coefficient (Wildman–Crippen LogP) is 2.22. The Morgan fingerprint density at radius 1 is 1.50 bits per heavy atom. The molecule has 0 spiro atoms. The first-order valence-corrected chi connectivity index (χ1v) is 5.92. The highest BCUT2D eigenvalue weighted by Gasteiger charge is 2.14. The van der Waals surface area contributed by atoms with Crippen LogP contribution in [0, 0.1) is 6.92 Å². The van der Waals surface area contributed by atoms with Crippen molar-refractivity contribution in [1.82, 2.24) is 5.32 Å². The summed E-state index contributed by atoms with van der Waals surface area (Å²) >= 11 is 3.36. The van der Waals surface area contributed by atoms with Gasteiger partial charge >= 0.3 is 0 Å². The summed E-state index contributed by atoms with van der Waals surface area (Å²) in [5.74, 6) is -0.0801. The number of carbonyl (C=O) groups is 1. The van der Waals surface area contributed by atoms with Crippen LogP contribution in [0.3, 0.4) is 0 Å². The molecule has 0 saturated carbocycles. The molecular formula is C12H17BrN2O. The van der Waals surface area contributed by atoms with Crippen molar-refractivity contribution >= 4 is 21.8 Å². The van der Waals surface area contributed by atoms with Crippen LogP contribution in [0.4, 0.5) is 0 Å². The number of benzene rings is 1. The van der Waals surface area contributed by atoms with Crippen molar-refractivity contribution in [2.75, 3.05) is 6.54 Å². The number of nitrogens with one attached hydrogen (secondary N) is 1. The lowest BCUT2D eigenvalue weighted by molar-refractivity contribution is 0.0945. The molecule has 0 bridgehead atoms. The molecule has 0 unspecified atom stereocenters. The van der Waals surface area contributed by atoms with Crippen LogP contribution in [-0.4, -0.2) is 18.0 Å². The molecule has 0 aliphatic rings. The van der Waals surface area contributed by atoms with E-state index in [0.29, 0.717) is 12.1 Å². The van der Waals surface area contributed by atoms with Gasteiger partial charge in [0.15, 0.2) is 0 Å². The lowest BCUT2D eigenvalue weighted by Crippen LogP contribution is -2.45. The normalized spacial score (nSPS) is 11.3. The number of nitrogens with two attached hydrogens (primary N) is 1. The van der Waals surface area contributed by atoms with E-state index >= 15 is 0 Å². The molecule has 1 aromatic carbocycles. The topological polar surface area (TPSA) is 55.1 Å². The lowest BCUT2D eigenvalue weighted by Gasteiger charge is -2.19. The number of rotatable bonds is 3. The van der Waals surface area contributed by atoms with Gasteiger partial charge < -0.3 is 11.1 Å². The maximum absolute atomic E-state index is 11.8. The van der Waals surface area contributed by atoms with Gasteiger partial charge in [0, 0.05) is 22.1 Å². The molecule has 0 atom stereocenters. The Morgan fingerprint density at radius 3 is 2.62 bits per heavy atom. The monoisotopic (exact) mass is 284 g/mol. The van der Waals surface area contributed by atoms with E-state index in [1.165, 1.54) is 0 Å². The van der Waals surface area contributed by atoms with Crippen molar-refractivity contribution in [2.45, 2.75) is 26.3 Å². The maximum Gasteiger partial charge on any atom is 0.251 e. The SMILES string of the molecule is Cc1cc(Br)ccc1C(=O)NCC(C)(C)N. The van der Waals surface area contributed by atoms with Crippen molar-refractivity contribution in [2.24, 2.45) is 5.73 Å². The highest BCUT2D eigenvalue weighted by molar-refractivity contribution is 9.10. The highest BCUT2D eigenvalue weighted by Crippen LogP contribution is 2.15. The van der Waals surface area contributed by atoms with Gasteiger partial charge in [-0.1, -0.05) is 15.9 Å². The minimum atomic E-state index is -0.390. The quantitative estimate of drug-likeness (QED) is 0.894. The molecule has 4 heteroatoms. The third-order valence-corrected chi connectivity index (χ3v) is 2.63. The molecule has 0 aliphatic carbocycles. The Balaban J connectivity index is 2.74. The zero-order chi connectivity index (χ0) is 12.3. The van der Waals surface area contributed by atoms with E-state index in [9.17, 15) is 4.79 Å². The van der Waals surface area contributed by atoms with Crippen LogP contribution in [0.15, 0.2) is 22.7 Å². The van der Waals surface area contributed by atoms with Crippen molar-refractivity contribution in [3.05, 3.63) is 33.8 Å². The summed E-state index contributed by atoms with van der Waals surface area (Å²) in [5.41, 5.74) is 7.05. The van der Waals surface area contributed by atoms with Gasteiger partial charge in [-0.3, -0.25) is 4.79 Å². The molecule has 3 nitrogen and oxygen atoms in total. The molecule has 0 fully saturated rings. The molecule has 1 rings (SSSR count). The van der Waals surface area contributed by atoms with Crippen molar-refractivity contribution < 1.29 is 4.79 Å². The fourth-order valence-electron chi connectivity index (χ4n) is 1.29. The van der Waals surface area contributed by atoms with Crippen LogP contribution >= 0.6 is 15.9 Å². The average Bonchev–Trinajstić information content (AvgIpc) is 2.13. The van der Waals surface area contributed by atoms with Crippen LogP contribution < -0.4 is 11.1 Å². The van der Waals surface area contributed by atoms with Crippen LogP contribution in [0.1, 0.15) is 29.8 Å². The number of hydrogen-bond donors (Lipinski definition) is 2. The van der Waals surface area contributed by atoms with Gasteiger partial charge in [-0.15, -0.1) is 0 Å². The smallest absolute Gasteiger partial charge is 0.251 e. The first-order chi connectivity index (χ1) is 7.29. The number of aryl methyl sites for hydroxylation is 1. The highest BCUT2D eigenvalue weighted by atomic mass is 79.9. The summed E-state index contributed by atoms with van der Waals surface area (Å²) < 4.78 is 0.973. The van der Waals surface area contributed by atoms with Crippen molar-refractivity contribution in [3.8, 4) is 0 Å². The maximum atomic E-state index is 11.8. The van der Waals surface area contributed by atoms with E-state index in [-0.39, 0.29) is 11.4 Å². The Kier molecular flexibility index (Phi) is 4.10. The van der Waals surface area contributed by atoms with Crippen molar-refractivity contribution in [3.63, 3.8) is 0 Å². The summed E-state index contributed by atoms with van der Waals surface area (Å²) in [6, 6.07) is 5.58. The molecule has 0 radical (unpaired) electrons. The summed E-state index contributed by atoms with van der Waals surface area (Å²) in [5, 5.41) is 2.82. The van der Waals surface area contributed by atoms with Gasteiger partial charge in [0.1, 0.15) is 0 Å². The Bertz CT molecular complexity index is 396. The van der Waals surface area contributed by atoms with Gasteiger partial charge in [0.25, 0.3) is 5.91 Å². The molecule has 88 valence electrons. The molecule has 3 N–H and O–H groups in total. The van der Waals surface area contributed by atoms with Gasteiger partial charge in [0.2, 0.25) is 0 Å². The number of amides is 1. The van der Waals surface area contributed by atoms with E-state index in [4.69, 9.17) is 5.73 Å². The molecule has 16 heavy (non-hydrogen) atoms. The van der Waals surface area contributed by atoms with E-state index in [0.717, 1.165) is 10.0 Å². The molecule has 0 aliphatic heterocycles. The van der Waals surface area contributed by atoms with Crippen LogP contribution in [-0.2, 0) is 0 Å². The van der Waals surface area contributed by atoms with Crippen LogP contribution in [0.2, 0.25) is 0 Å². The van der Waals surface area contributed by atoms with Crippen LogP contribution in [0.5, 0.6) is 0 Å². The standard InChI is InChI=1S/C12H17BrN2O/c1-8-6-9(13)4-5-10(8)11(16)15-7-12(2,3)14/h4-6H,7,14H2,1-3H3,(H,15,16). The molecule has 1 amide bonds. The first-order valence-electron chi connectivity index (χ1n) is 5.13. The minimum Gasteiger partial charge on any atom is -0.350 e. The number of halogens is 1. The molecule has 0 heterocycles. The largest absolute Gasteiger partial charge is 0.350 e. The van der Waals surface area contributed by atoms with Crippen LogP contribution in [0.25, 0.3) is 0 Å². The van der Waals surface area contributed by atoms with E-state index in [2.05, 4.69) is 21.2 Å². The zero-order valence-corrected chi connectivity index (χ0v) is 11.4. The second-order valence-corrected chi connectivity index (χ2v) is 5.55. The Labute approximate surface area is 105 Å². The third-order valence-electron chi connectivity index (χ3n) is 2.14. The zero-order valence-electron chi connectivity index (χ0n) is 9.80. The van der Waals surface area contributed by atoms with Gasteiger partial charge in [0.05, 0.1) is 0 Å². The Hall–Kier alpha value is -0.870. The third kappa shape index (κ3) is 3.94. The minimum absolute atomic E-state index is 0.0801. The number of carbonyl (C=O) groups excluding carboxylic acids is 1.